The molecule has 0 aliphatic carbocycles. The van der Waals surface area contributed by atoms with E-state index in [0.29, 0.717) is 11.3 Å². The molecule has 0 aromatic heterocycles. The molecule has 140 valence electrons. The summed E-state index contributed by atoms with van der Waals surface area (Å²) in [6, 6.07) is 8.77. The van der Waals surface area contributed by atoms with Crippen molar-refractivity contribution in [3.63, 3.8) is 0 Å². The molecule has 2 heterocycles. The first kappa shape index (κ1) is 20.5. The third kappa shape index (κ3) is 5.09. The van der Waals surface area contributed by atoms with E-state index in [9.17, 15) is 0 Å². The molecule has 2 saturated heterocycles. The zero-order chi connectivity index (χ0) is 17.0. The Morgan fingerprint density at radius 3 is 2.92 bits per heavy atom. The van der Waals surface area contributed by atoms with E-state index >= 15 is 0 Å². The Balaban J connectivity index is 0.00000225. The molecule has 0 radical (unpaired) electrons. The largest absolute Gasteiger partial charge is 0.381 e. The van der Waals surface area contributed by atoms with E-state index in [2.05, 4.69) is 55.3 Å². The maximum Gasteiger partial charge on any atom is 0.193 e. The number of ether oxygens (including phenoxy) is 1. The fourth-order valence-electron chi connectivity index (χ4n) is 3.82. The van der Waals surface area contributed by atoms with Gasteiger partial charge in [-0.05, 0) is 32.3 Å². The van der Waals surface area contributed by atoms with Gasteiger partial charge in [0.25, 0.3) is 0 Å². The van der Waals surface area contributed by atoms with Crippen LogP contribution < -0.4 is 5.32 Å². The average Bonchev–Trinajstić information content (AvgIpc) is 3.21. The second-order valence-corrected chi connectivity index (χ2v) is 7.48. The molecule has 1 aromatic carbocycles. The molecule has 2 aliphatic heterocycles. The standard InChI is InChI=1S/C20H31N3O.HI/c1-4-21-19(23-10-8-20(14-23)9-11-24-15-20)22-13-17(3)18-7-5-6-16(2)12-18;/h5-7,12,17H,4,8-11,13-15H2,1-3H3,(H,21,22);1H. The Labute approximate surface area is 169 Å². The fraction of sp³-hybridized carbons (Fsp3) is 0.650. The lowest BCUT2D eigenvalue weighted by atomic mass is 9.87. The van der Waals surface area contributed by atoms with Gasteiger partial charge in [-0.25, -0.2) is 0 Å². The van der Waals surface area contributed by atoms with Gasteiger partial charge in [0.05, 0.1) is 6.61 Å². The highest BCUT2D eigenvalue weighted by Crippen LogP contribution is 2.38. The van der Waals surface area contributed by atoms with Crippen molar-refractivity contribution in [3.8, 4) is 0 Å². The SMILES string of the molecule is CCNC(=NCC(C)c1cccc(C)c1)N1CCC2(CCOC2)C1.I. The van der Waals surface area contributed by atoms with Crippen LogP contribution in [0.15, 0.2) is 29.3 Å². The minimum Gasteiger partial charge on any atom is -0.381 e. The number of aryl methyl sites for hydroxylation is 1. The molecule has 2 atom stereocenters. The molecule has 0 bridgehead atoms. The Hall–Kier alpha value is -0.820. The summed E-state index contributed by atoms with van der Waals surface area (Å²) >= 11 is 0. The molecule has 0 amide bonds. The van der Waals surface area contributed by atoms with E-state index < -0.39 is 0 Å². The first-order valence-electron chi connectivity index (χ1n) is 9.29. The minimum absolute atomic E-state index is 0. The average molecular weight is 457 g/mol. The van der Waals surface area contributed by atoms with Crippen molar-refractivity contribution in [2.75, 3.05) is 39.4 Å². The smallest absolute Gasteiger partial charge is 0.193 e. The van der Waals surface area contributed by atoms with Gasteiger partial charge in [0.1, 0.15) is 0 Å². The first-order valence-corrected chi connectivity index (χ1v) is 9.29. The molecular formula is C20H32IN3O. The maximum absolute atomic E-state index is 5.65. The molecule has 4 nitrogen and oxygen atoms in total. The Bertz CT molecular complexity index is 584. The number of hydrogen-bond acceptors (Lipinski definition) is 2. The Morgan fingerprint density at radius 1 is 1.40 bits per heavy atom. The quantitative estimate of drug-likeness (QED) is 0.425. The van der Waals surface area contributed by atoms with Crippen LogP contribution in [0.5, 0.6) is 0 Å². The molecule has 2 aliphatic rings. The monoisotopic (exact) mass is 457 g/mol. The summed E-state index contributed by atoms with van der Waals surface area (Å²) in [5.41, 5.74) is 3.06. The van der Waals surface area contributed by atoms with Crippen LogP contribution in [0.4, 0.5) is 0 Å². The van der Waals surface area contributed by atoms with E-state index in [-0.39, 0.29) is 24.0 Å². The van der Waals surface area contributed by atoms with Gasteiger partial charge in [0.15, 0.2) is 5.96 Å². The second-order valence-electron chi connectivity index (χ2n) is 7.48. The van der Waals surface area contributed by atoms with Gasteiger partial charge in [0.2, 0.25) is 0 Å². The van der Waals surface area contributed by atoms with E-state index in [1.807, 2.05) is 0 Å². The van der Waals surface area contributed by atoms with Gasteiger partial charge in [-0.15, -0.1) is 24.0 Å². The highest BCUT2D eigenvalue weighted by molar-refractivity contribution is 14.0. The van der Waals surface area contributed by atoms with Crippen molar-refractivity contribution < 1.29 is 4.74 Å². The van der Waals surface area contributed by atoms with Gasteiger partial charge >= 0.3 is 0 Å². The third-order valence-corrected chi connectivity index (χ3v) is 5.38. The molecular weight excluding hydrogens is 425 g/mol. The molecule has 0 saturated carbocycles. The highest BCUT2D eigenvalue weighted by Gasteiger charge is 2.42. The Morgan fingerprint density at radius 2 is 2.24 bits per heavy atom. The van der Waals surface area contributed by atoms with Gasteiger partial charge < -0.3 is 15.0 Å². The number of guanidine groups is 1. The summed E-state index contributed by atoms with van der Waals surface area (Å²) in [5.74, 6) is 1.51. The molecule has 25 heavy (non-hydrogen) atoms. The van der Waals surface area contributed by atoms with Gasteiger partial charge in [-0.1, -0.05) is 36.8 Å². The van der Waals surface area contributed by atoms with Crippen molar-refractivity contribution >= 4 is 29.9 Å². The lowest BCUT2D eigenvalue weighted by Crippen LogP contribution is -2.41. The van der Waals surface area contributed by atoms with E-state index in [1.54, 1.807) is 0 Å². The van der Waals surface area contributed by atoms with Crippen LogP contribution in [0.3, 0.4) is 0 Å². The topological polar surface area (TPSA) is 36.9 Å². The summed E-state index contributed by atoms with van der Waals surface area (Å²) in [6.45, 7) is 12.3. The number of aliphatic imine (C=N–C) groups is 1. The zero-order valence-electron chi connectivity index (χ0n) is 15.8. The summed E-state index contributed by atoms with van der Waals surface area (Å²) in [5, 5.41) is 3.48. The van der Waals surface area contributed by atoms with Crippen LogP contribution in [0.2, 0.25) is 0 Å². The fourth-order valence-corrected chi connectivity index (χ4v) is 3.82. The second kappa shape index (κ2) is 9.21. The van der Waals surface area contributed by atoms with Crippen LogP contribution in [0.25, 0.3) is 0 Å². The van der Waals surface area contributed by atoms with Crippen LogP contribution in [0.1, 0.15) is 43.7 Å². The summed E-state index contributed by atoms with van der Waals surface area (Å²) < 4.78 is 5.65. The first-order chi connectivity index (χ1) is 11.6. The van der Waals surface area contributed by atoms with E-state index in [0.717, 1.165) is 45.4 Å². The highest BCUT2D eigenvalue weighted by atomic mass is 127. The van der Waals surface area contributed by atoms with Crippen molar-refractivity contribution in [1.29, 1.82) is 0 Å². The number of benzene rings is 1. The van der Waals surface area contributed by atoms with E-state index in [1.165, 1.54) is 24.0 Å². The molecule has 1 spiro atoms. The lowest BCUT2D eigenvalue weighted by molar-refractivity contribution is 0.156. The van der Waals surface area contributed by atoms with Crippen LogP contribution in [-0.2, 0) is 4.74 Å². The van der Waals surface area contributed by atoms with Crippen molar-refractivity contribution in [2.45, 2.75) is 39.5 Å². The number of halogens is 1. The predicted molar refractivity (Wildman–Crippen MR) is 115 cm³/mol. The number of nitrogens with zero attached hydrogens (tertiary/aromatic N) is 2. The Kier molecular flexibility index (Phi) is 7.55. The third-order valence-electron chi connectivity index (χ3n) is 5.38. The number of nitrogens with one attached hydrogen (secondary N) is 1. The number of hydrogen-bond donors (Lipinski definition) is 1. The van der Waals surface area contributed by atoms with Crippen LogP contribution in [-0.4, -0.2) is 50.3 Å². The maximum atomic E-state index is 5.65. The zero-order valence-corrected chi connectivity index (χ0v) is 18.1. The minimum atomic E-state index is 0. The molecule has 1 aromatic rings. The molecule has 5 heteroatoms. The normalized spacial score (nSPS) is 24.4. The lowest BCUT2D eigenvalue weighted by Gasteiger charge is -2.25. The van der Waals surface area contributed by atoms with Crippen molar-refractivity contribution in [2.24, 2.45) is 10.4 Å². The molecule has 1 N–H and O–H groups in total. The van der Waals surface area contributed by atoms with Gasteiger partial charge in [0, 0.05) is 44.1 Å². The predicted octanol–water partition coefficient (Wildman–Crippen LogP) is 3.79. The molecule has 2 fully saturated rings. The summed E-state index contributed by atoms with van der Waals surface area (Å²) in [7, 11) is 0. The van der Waals surface area contributed by atoms with Gasteiger partial charge in [-0.2, -0.15) is 0 Å². The number of rotatable bonds is 4. The van der Waals surface area contributed by atoms with E-state index in [4.69, 9.17) is 9.73 Å². The van der Waals surface area contributed by atoms with Crippen LogP contribution in [0, 0.1) is 12.3 Å². The van der Waals surface area contributed by atoms with Gasteiger partial charge in [-0.3, -0.25) is 4.99 Å². The molecule has 3 rings (SSSR count). The molecule has 2 unspecified atom stereocenters. The van der Waals surface area contributed by atoms with Crippen molar-refractivity contribution in [1.82, 2.24) is 10.2 Å². The van der Waals surface area contributed by atoms with Crippen LogP contribution >= 0.6 is 24.0 Å². The van der Waals surface area contributed by atoms with Crippen molar-refractivity contribution in [3.05, 3.63) is 35.4 Å². The number of likely N-dealkylation sites (tertiary alicyclic amines) is 1. The summed E-state index contributed by atoms with van der Waals surface area (Å²) in [6.07, 6.45) is 2.42. The summed E-state index contributed by atoms with van der Waals surface area (Å²) in [4.78, 5) is 7.38.